The van der Waals surface area contributed by atoms with Gasteiger partial charge in [0, 0.05) is 25.7 Å². The predicted octanol–water partition coefficient (Wildman–Crippen LogP) is 0.290. The first-order chi connectivity index (χ1) is 8.31. The van der Waals surface area contributed by atoms with E-state index in [0.717, 1.165) is 52.0 Å². The molecule has 2 aliphatic rings. The molecule has 0 aromatic rings. The third-order valence-electron chi connectivity index (χ3n) is 4.20. The van der Waals surface area contributed by atoms with Crippen molar-refractivity contribution >= 4 is 0 Å². The zero-order valence-electron chi connectivity index (χ0n) is 10.7. The highest BCUT2D eigenvalue weighted by atomic mass is 16.3. The van der Waals surface area contributed by atoms with Crippen LogP contribution in [0.15, 0.2) is 0 Å². The van der Waals surface area contributed by atoms with Gasteiger partial charge in [0.15, 0.2) is 0 Å². The number of β-amino-alcohol motifs (C(OH)–C–C–N with tert-alkyl or cyclic N) is 1. The molecule has 4 heteroatoms. The number of hydrogen-bond acceptors (Lipinski definition) is 4. The van der Waals surface area contributed by atoms with Gasteiger partial charge in [0.2, 0.25) is 0 Å². The molecule has 17 heavy (non-hydrogen) atoms. The summed E-state index contributed by atoms with van der Waals surface area (Å²) in [6.07, 6.45) is 5.61. The third kappa shape index (κ3) is 3.65. The fourth-order valence-electron chi connectivity index (χ4n) is 3.21. The second-order valence-electron chi connectivity index (χ2n) is 5.37. The molecule has 1 aliphatic heterocycles. The Kier molecular flexibility index (Phi) is 5.22. The van der Waals surface area contributed by atoms with Gasteiger partial charge in [0.1, 0.15) is 0 Å². The molecule has 1 heterocycles. The van der Waals surface area contributed by atoms with Crippen LogP contribution in [0.4, 0.5) is 0 Å². The molecule has 0 spiro atoms. The van der Waals surface area contributed by atoms with E-state index in [1.807, 2.05) is 0 Å². The van der Waals surface area contributed by atoms with Crippen LogP contribution in [0.2, 0.25) is 0 Å². The van der Waals surface area contributed by atoms with Gasteiger partial charge in [-0.1, -0.05) is 12.8 Å². The molecular formula is C13H26N2O2. The van der Waals surface area contributed by atoms with E-state index in [1.54, 1.807) is 0 Å². The van der Waals surface area contributed by atoms with E-state index in [1.165, 1.54) is 12.8 Å². The molecule has 0 unspecified atom stereocenters. The lowest BCUT2D eigenvalue weighted by molar-refractivity contribution is 0.0214. The van der Waals surface area contributed by atoms with Crippen molar-refractivity contribution in [3.8, 4) is 0 Å². The molecule has 2 atom stereocenters. The predicted molar refractivity (Wildman–Crippen MR) is 68.0 cm³/mol. The molecule has 0 radical (unpaired) electrons. The topological polar surface area (TPSA) is 46.9 Å². The summed E-state index contributed by atoms with van der Waals surface area (Å²) in [5, 5.41) is 19.1. The number of aliphatic hydroxyl groups is 2. The maximum atomic E-state index is 10.1. The van der Waals surface area contributed by atoms with Gasteiger partial charge in [0.25, 0.3) is 0 Å². The van der Waals surface area contributed by atoms with Gasteiger partial charge in [-0.05, 0) is 32.4 Å². The molecule has 100 valence electrons. The van der Waals surface area contributed by atoms with Crippen molar-refractivity contribution in [2.75, 3.05) is 39.3 Å². The van der Waals surface area contributed by atoms with Gasteiger partial charge in [-0.25, -0.2) is 0 Å². The van der Waals surface area contributed by atoms with Gasteiger partial charge in [-0.3, -0.25) is 9.80 Å². The Morgan fingerprint density at radius 2 is 1.76 bits per heavy atom. The van der Waals surface area contributed by atoms with Crippen LogP contribution < -0.4 is 0 Å². The van der Waals surface area contributed by atoms with Gasteiger partial charge in [-0.2, -0.15) is 0 Å². The standard InChI is InChI=1S/C13H26N2O2/c16-11-10-14-6-3-7-15(9-8-14)12-4-1-2-5-13(12)17/h12-13,16-17H,1-11H2/t12-,13-/m0/s1. The van der Waals surface area contributed by atoms with Crippen LogP contribution in [0.25, 0.3) is 0 Å². The van der Waals surface area contributed by atoms with E-state index < -0.39 is 0 Å². The Morgan fingerprint density at radius 1 is 0.941 bits per heavy atom. The minimum atomic E-state index is -0.117. The fourth-order valence-corrected chi connectivity index (χ4v) is 3.21. The summed E-state index contributed by atoms with van der Waals surface area (Å²) < 4.78 is 0. The molecule has 2 N–H and O–H groups in total. The van der Waals surface area contributed by atoms with Crippen molar-refractivity contribution in [1.82, 2.24) is 9.80 Å². The summed E-state index contributed by atoms with van der Waals surface area (Å²) in [6.45, 7) is 5.31. The van der Waals surface area contributed by atoms with Crippen LogP contribution >= 0.6 is 0 Å². The summed E-state index contributed by atoms with van der Waals surface area (Å²) in [4.78, 5) is 4.80. The Hall–Kier alpha value is -0.160. The van der Waals surface area contributed by atoms with E-state index in [-0.39, 0.29) is 12.7 Å². The Labute approximate surface area is 104 Å². The van der Waals surface area contributed by atoms with Crippen LogP contribution in [-0.2, 0) is 0 Å². The summed E-state index contributed by atoms with van der Waals surface area (Å²) in [7, 11) is 0. The highest BCUT2D eigenvalue weighted by Crippen LogP contribution is 2.24. The van der Waals surface area contributed by atoms with Crippen LogP contribution in [0.1, 0.15) is 32.1 Å². The lowest BCUT2D eigenvalue weighted by atomic mass is 9.91. The molecule has 1 saturated carbocycles. The largest absolute Gasteiger partial charge is 0.395 e. The lowest BCUT2D eigenvalue weighted by Gasteiger charge is -2.37. The molecule has 0 bridgehead atoms. The normalized spacial score (nSPS) is 33.5. The van der Waals surface area contributed by atoms with E-state index in [9.17, 15) is 5.11 Å². The first-order valence-electron chi connectivity index (χ1n) is 7.06. The highest BCUT2D eigenvalue weighted by molar-refractivity contribution is 4.85. The second-order valence-corrected chi connectivity index (χ2v) is 5.37. The maximum Gasteiger partial charge on any atom is 0.0695 e. The number of rotatable bonds is 3. The zero-order valence-corrected chi connectivity index (χ0v) is 10.7. The lowest BCUT2D eigenvalue weighted by Crippen LogP contribution is -2.47. The third-order valence-corrected chi connectivity index (χ3v) is 4.20. The average Bonchev–Trinajstić information content (AvgIpc) is 2.56. The second kappa shape index (κ2) is 6.69. The molecule has 0 amide bonds. The minimum Gasteiger partial charge on any atom is -0.395 e. The minimum absolute atomic E-state index is 0.117. The van der Waals surface area contributed by atoms with E-state index in [2.05, 4.69) is 9.80 Å². The maximum absolute atomic E-state index is 10.1. The fraction of sp³-hybridized carbons (Fsp3) is 1.00. The molecule has 2 fully saturated rings. The van der Waals surface area contributed by atoms with Crippen molar-refractivity contribution < 1.29 is 10.2 Å². The summed E-state index contributed by atoms with van der Waals surface area (Å²) in [5.74, 6) is 0. The van der Waals surface area contributed by atoms with Crippen molar-refractivity contribution in [3.63, 3.8) is 0 Å². The Balaban J connectivity index is 1.84. The van der Waals surface area contributed by atoms with E-state index in [4.69, 9.17) is 5.11 Å². The van der Waals surface area contributed by atoms with Crippen molar-refractivity contribution in [2.24, 2.45) is 0 Å². The van der Waals surface area contributed by atoms with Crippen molar-refractivity contribution in [2.45, 2.75) is 44.2 Å². The first-order valence-corrected chi connectivity index (χ1v) is 7.06. The molecule has 4 nitrogen and oxygen atoms in total. The Bertz CT molecular complexity index is 225. The SMILES string of the molecule is OCCN1CCCN([C@H]2CCCC[C@@H]2O)CC1. The van der Waals surface area contributed by atoms with Gasteiger partial charge in [0.05, 0.1) is 12.7 Å². The average molecular weight is 242 g/mol. The van der Waals surface area contributed by atoms with Crippen LogP contribution in [-0.4, -0.2) is 71.5 Å². The molecule has 1 aliphatic carbocycles. The van der Waals surface area contributed by atoms with Crippen LogP contribution in [0.5, 0.6) is 0 Å². The summed E-state index contributed by atoms with van der Waals surface area (Å²) in [6, 6.07) is 0.387. The van der Waals surface area contributed by atoms with E-state index in [0.29, 0.717) is 6.04 Å². The van der Waals surface area contributed by atoms with Crippen molar-refractivity contribution in [1.29, 1.82) is 0 Å². The first kappa shape index (κ1) is 13.3. The highest BCUT2D eigenvalue weighted by Gasteiger charge is 2.29. The molecular weight excluding hydrogens is 216 g/mol. The summed E-state index contributed by atoms with van der Waals surface area (Å²) in [5.41, 5.74) is 0. The molecule has 0 aromatic heterocycles. The Morgan fingerprint density at radius 3 is 2.53 bits per heavy atom. The smallest absolute Gasteiger partial charge is 0.0695 e. The molecule has 0 aromatic carbocycles. The number of aliphatic hydroxyl groups excluding tert-OH is 2. The monoisotopic (exact) mass is 242 g/mol. The summed E-state index contributed by atoms with van der Waals surface area (Å²) >= 11 is 0. The zero-order chi connectivity index (χ0) is 12.1. The molecule has 2 rings (SSSR count). The quantitative estimate of drug-likeness (QED) is 0.747. The number of hydrogen-bond donors (Lipinski definition) is 2. The van der Waals surface area contributed by atoms with E-state index >= 15 is 0 Å². The molecule has 1 saturated heterocycles. The van der Waals surface area contributed by atoms with Gasteiger partial charge in [-0.15, -0.1) is 0 Å². The number of nitrogens with zero attached hydrogens (tertiary/aromatic N) is 2. The van der Waals surface area contributed by atoms with Crippen LogP contribution in [0, 0.1) is 0 Å². The van der Waals surface area contributed by atoms with Crippen molar-refractivity contribution in [3.05, 3.63) is 0 Å². The van der Waals surface area contributed by atoms with Crippen LogP contribution in [0.3, 0.4) is 0 Å². The van der Waals surface area contributed by atoms with Gasteiger partial charge < -0.3 is 10.2 Å². The van der Waals surface area contributed by atoms with Gasteiger partial charge >= 0.3 is 0 Å².